The third-order valence-corrected chi connectivity index (χ3v) is 2.21. The monoisotopic (exact) mass is 253 g/mol. The maximum atomic E-state index is 13.6. The molecule has 1 atom stereocenters. The van der Waals surface area contributed by atoms with Crippen LogP contribution in [0.15, 0.2) is 22.7 Å². The molecule has 1 N–H and O–H groups in total. The molecule has 1 unspecified atom stereocenters. The summed E-state index contributed by atoms with van der Waals surface area (Å²) in [5.74, 6) is -0.967. The van der Waals surface area contributed by atoms with E-state index < -0.39 is 16.8 Å². The molecular formula is C10H8FN3O4. The summed E-state index contributed by atoms with van der Waals surface area (Å²) in [6, 6.07) is 3.07. The summed E-state index contributed by atoms with van der Waals surface area (Å²) in [6.45, 7) is 1.43. The van der Waals surface area contributed by atoms with Crippen molar-refractivity contribution in [1.29, 1.82) is 0 Å². The Morgan fingerprint density at radius 1 is 1.56 bits per heavy atom. The quantitative estimate of drug-likeness (QED) is 0.661. The molecule has 0 bridgehead atoms. The number of halogens is 1. The lowest BCUT2D eigenvalue weighted by Crippen LogP contribution is -1.94. The first kappa shape index (κ1) is 12.1. The summed E-state index contributed by atoms with van der Waals surface area (Å²) in [5.41, 5.74) is -0.425. The Labute approximate surface area is 100 Å². The number of rotatable bonds is 3. The SMILES string of the molecule is CC(O)c1noc(-c2ccc([N+](=O)[O-])cc2F)n1. The summed E-state index contributed by atoms with van der Waals surface area (Å²) in [6.07, 6.45) is -0.941. The second-order valence-electron chi connectivity index (χ2n) is 3.55. The zero-order valence-electron chi connectivity index (χ0n) is 9.20. The molecule has 7 nitrogen and oxygen atoms in total. The number of non-ortho nitro benzene ring substituents is 1. The van der Waals surface area contributed by atoms with Gasteiger partial charge in [-0.2, -0.15) is 4.98 Å². The Kier molecular flexibility index (Phi) is 3.02. The largest absolute Gasteiger partial charge is 0.385 e. The van der Waals surface area contributed by atoms with Gasteiger partial charge in [0.25, 0.3) is 11.6 Å². The van der Waals surface area contributed by atoms with Gasteiger partial charge in [0.15, 0.2) is 5.82 Å². The van der Waals surface area contributed by atoms with E-state index in [9.17, 15) is 19.6 Å². The van der Waals surface area contributed by atoms with Crippen molar-refractivity contribution in [3.63, 3.8) is 0 Å². The van der Waals surface area contributed by atoms with Crippen molar-refractivity contribution in [2.75, 3.05) is 0 Å². The van der Waals surface area contributed by atoms with Gasteiger partial charge in [0.1, 0.15) is 11.9 Å². The zero-order valence-corrected chi connectivity index (χ0v) is 9.20. The van der Waals surface area contributed by atoms with Gasteiger partial charge < -0.3 is 9.63 Å². The maximum Gasteiger partial charge on any atom is 0.272 e. The number of hydrogen-bond donors (Lipinski definition) is 1. The molecule has 0 saturated carbocycles. The van der Waals surface area contributed by atoms with Crippen LogP contribution in [0.5, 0.6) is 0 Å². The fraction of sp³-hybridized carbons (Fsp3) is 0.200. The Bertz CT molecular complexity index is 597. The van der Waals surface area contributed by atoms with Crippen molar-refractivity contribution < 1.29 is 18.9 Å². The van der Waals surface area contributed by atoms with E-state index in [1.807, 2.05) is 0 Å². The zero-order chi connectivity index (χ0) is 13.3. The van der Waals surface area contributed by atoms with Crippen molar-refractivity contribution >= 4 is 5.69 Å². The molecule has 0 amide bonds. The van der Waals surface area contributed by atoms with E-state index in [1.165, 1.54) is 13.0 Å². The number of nitro groups is 1. The lowest BCUT2D eigenvalue weighted by atomic mass is 10.2. The lowest BCUT2D eigenvalue weighted by Gasteiger charge is -1.97. The molecule has 1 aromatic heterocycles. The van der Waals surface area contributed by atoms with Gasteiger partial charge in [-0.25, -0.2) is 4.39 Å². The van der Waals surface area contributed by atoms with Crippen LogP contribution in [0, 0.1) is 15.9 Å². The highest BCUT2D eigenvalue weighted by atomic mass is 19.1. The van der Waals surface area contributed by atoms with E-state index in [4.69, 9.17) is 4.52 Å². The minimum Gasteiger partial charge on any atom is -0.385 e. The average Bonchev–Trinajstić information content (AvgIpc) is 2.78. The Hall–Kier alpha value is -2.35. The van der Waals surface area contributed by atoms with Gasteiger partial charge in [-0.3, -0.25) is 10.1 Å². The normalized spacial score (nSPS) is 12.4. The van der Waals surface area contributed by atoms with Gasteiger partial charge in [-0.15, -0.1) is 0 Å². The van der Waals surface area contributed by atoms with Crippen molar-refractivity contribution in [2.45, 2.75) is 13.0 Å². The Morgan fingerprint density at radius 3 is 2.78 bits per heavy atom. The highest BCUT2D eigenvalue weighted by Crippen LogP contribution is 2.25. The summed E-state index contributed by atoms with van der Waals surface area (Å²) in [4.78, 5) is 13.5. The minimum absolute atomic E-state index is 0.0164. The number of aliphatic hydroxyl groups excluding tert-OH is 1. The first-order valence-corrected chi connectivity index (χ1v) is 4.95. The number of aromatic nitrogens is 2. The lowest BCUT2D eigenvalue weighted by molar-refractivity contribution is -0.385. The topological polar surface area (TPSA) is 102 Å². The Morgan fingerprint density at radius 2 is 2.28 bits per heavy atom. The van der Waals surface area contributed by atoms with Gasteiger partial charge in [-0.1, -0.05) is 5.16 Å². The summed E-state index contributed by atoms with van der Waals surface area (Å²) >= 11 is 0. The molecule has 2 rings (SSSR count). The second-order valence-corrected chi connectivity index (χ2v) is 3.55. The molecule has 2 aromatic rings. The van der Waals surface area contributed by atoms with Crippen LogP contribution >= 0.6 is 0 Å². The van der Waals surface area contributed by atoms with Gasteiger partial charge in [0, 0.05) is 6.07 Å². The summed E-state index contributed by atoms with van der Waals surface area (Å²) in [5, 5.41) is 23.1. The molecule has 18 heavy (non-hydrogen) atoms. The van der Waals surface area contributed by atoms with Crippen LogP contribution in [0.25, 0.3) is 11.5 Å². The van der Waals surface area contributed by atoms with Crippen molar-refractivity contribution in [3.8, 4) is 11.5 Å². The fourth-order valence-electron chi connectivity index (χ4n) is 1.30. The molecule has 1 heterocycles. The number of hydrogen-bond acceptors (Lipinski definition) is 6. The smallest absolute Gasteiger partial charge is 0.272 e. The van der Waals surface area contributed by atoms with Crippen LogP contribution in [0.1, 0.15) is 18.9 Å². The van der Waals surface area contributed by atoms with E-state index in [0.29, 0.717) is 0 Å². The van der Waals surface area contributed by atoms with Crippen LogP contribution in [0.3, 0.4) is 0 Å². The summed E-state index contributed by atoms with van der Waals surface area (Å²) < 4.78 is 18.4. The van der Waals surface area contributed by atoms with Crippen LogP contribution in [-0.2, 0) is 0 Å². The molecule has 0 saturated heterocycles. The van der Waals surface area contributed by atoms with Gasteiger partial charge in [0.05, 0.1) is 16.6 Å². The maximum absolute atomic E-state index is 13.6. The predicted octanol–water partition coefficient (Wildman–Crippen LogP) is 1.84. The molecule has 94 valence electrons. The molecule has 0 aliphatic rings. The molecule has 0 radical (unpaired) electrons. The highest BCUT2D eigenvalue weighted by Gasteiger charge is 2.18. The van der Waals surface area contributed by atoms with E-state index in [1.54, 1.807) is 0 Å². The average molecular weight is 253 g/mol. The van der Waals surface area contributed by atoms with E-state index >= 15 is 0 Å². The molecule has 1 aromatic carbocycles. The number of aliphatic hydroxyl groups is 1. The van der Waals surface area contributed by atoms with Crippen molar-refractivity contribution in [2.24, 2.45) is 0 Å². The molecule has 0 fully saturated rings. The van der Waals surface area contributed by atoms with E-state index in [0.717, 1.165) is 12.1 Å². The standard InChI is InChI=1S/C10H8FN3O4/c1-5(15)9-12-10(18-13-9)7-3-2-6(14(16)17)4-8(7)11/h2-5,15H,1H3. The third kappa shape index (κ3) is 2.18. The van der Waals surface area contributed by atoms with Crippen LogP contribution in [-0.4, -0.2) is 20.2 Å². The van der Waals surface area contributed by atoms with Crippen LogP contribution < -0.4 is 0 Å². The minimum atomic E-state index is -0.941. The number of nitro benzene ring substituents is 1. The number of nitrogens with zero attached hydrogens (tertiary/aromatic N) is 3. The molecule has 0 spiro atoms. The fourth-order valence-corrected chi connectivity index (χ4v) is 1.30. The first-order valence-electron chi connectivity index (χ1n) is 4.95. The summed E-state index contributed by atoms with van der Waals surface area (Å²) in [7, 11) is 0. The first-order chi connectivity index (χ1) is 8.49. The van der Waals surface area contributed by atoms with Gasteiger partial charge in [0.2, 0.25) is 0 Å². The van der Waals surface area contributed by atoms with Crippen LogP contribution in [0.2, 0.25) is 0 Å². The highest BCUT2D eigenvalue weighted by molar-refractivity contribution is 5.56. The molecular weight excluding hydrogens is 245 g/mol. The van der Waals surface area contributed by atoms with Crippen molar-refractivity contribution in [1.82, 2.24) is 10.1 Å². The van der Waals surface area contributed by atoms with Crippen LogP contribution in [0.4, 0.5) is 10.1 Å². The predicted molar refractivity (Wildman–Crippen MR) is 57.0 cm³/mol. The molecule has 8 heteroatoms. The van der Waals surface area contributed by atoms with Gasteiger partial charge in [-0.05, 0) is 13.0 Å². The molecule has 0 aliphatic heterocycles. The van der Waals surface area contributed by atoms with Gasteiger partial charge >= 0.3 is 0 Å². The van der Waals surface area contributed by atoms with E-state index in [-0.39, 0.29) is 23.0 Å². The number of benzene rings is 1. The Balaban J connectivity index is 2.41. The van der Waals surface area contributed by atoms with E-state index in [2.05, 4.69) is 10.1 Å². The van der Waals surface area contributed by atoms with Crippen molar-refractivity contribution in [3.05, 3.63) is 40.0 Å². The third-order valence-electron chi connectivity index (χ3n) is 2.21. The molecule has 0 aliphatic carbocycles. The second kappa shape index (κ2) is 4.49.